The van der Waals surface area contributed by atoms with Crippen molar-refractivity contribution in [3.8, 4) is 0 Å². The van der Waals surface area contributed by atoms with Crippen molar-refractivity contribution < 1.29 is 9.66 Å². The third kappa shape index (κ3) is 2.06. The Morgan fingerprint density at radius 2 is 2.42 bits per heavy atom. The minimum atomic E-state index is -0.408. The summed E-state index contributed by atoms with van der Waals surface area (Å²) < 4.78 is 4.67. The van der Waals surface area contributed by atoms with Crippen LogP contribution in [0, 0.1) is 10.1 Å². The van der Waals surface area contributed by atoms with Gasteiger partial charge in [0.2, 0.25) is 0 Å². The molecule has 4 nitrogen and oxygen atoms in total. The summed E-state index contributed by atoms with van der Waals surface area (Å²) in [5.74, 6) is 0. The van der Waals surface area contributed by atoms with Crippen LogP contribution >= 0.6 is 11.3 Å². The predicted octanol–water partition coefficient (Wildman–Crippen LogP) is 2.27. The van der Waals surface area contributed by atoms with E-state index in [0.717, 1.165) is 16.2 Å². The molecule has 0 saturated heterocycles. The van der Waals surface area contributed by atoms with Crippen LogP contribution in [0.1, 0.15) is 4.88 Å². The number of rotatable bonds is 3. The fourth-order valence-electron chi connectivity index (χ4n) is 0.665. The fraction of sp³-hybridized carbons (Fsp3) is 0.143. The smallest absolute Gasteiger partial charge is 0.324 e. The molecule has 64 valence electrons. The molecule has 0 atom stereocenters. The van der Waals surface area contributed by atoms with Crippen LogP contribution < -0.4 is 0 Å². The van der Waals surface area contributed by atoms with Crippen molar-refractivity contribution in [2.75, 3.05) is 7.11 Å². The van der Waals surface area contributed by atoms with E-state index in [9.17, 15) is 10.1 Å². The topological polar surface area (TPSA) is 52.4 Å². The standard InChI is InChI=1S/C7H7NO3S/c1-11-5-4-6-2-3-7(12-6)8(9)10/h2-5H,1H3/b5-4+. The largest absolute Gasteiger partial charge is 0.504 e. The van der Waals surface area contributed by atoms with E-state index in [2.05, 4.69) is 4.74 Å². The first-order valence-corrected chi connectivity index (χ1v) is 3.99. The summed E-state index contributed by atoms with van der Waals surface area (Å²) in [6.45, 7) is 0. The summed E-state index contributed by atoms with van der Waals surface area (Å²) in [5, 5.41) is 10.4. The van der Waals surface area contributed by atoms with Gasteiger partial charge in [0, 0.05) is 10.9 Å². The van der Waals surface area contributed by atoms with Crippen LogP contribution in [0.2, 0.25) is 0 Å². The number of hydrogen-bond donors (Lipinski definition) is 0. The lowest BCUT2D eigenvalue weighted by Gasteiger charge is -1.83. The molecule has 0 bridgehead atoms. The van der Waals surface area contributed by atoms with Gasteiger partial charge in [-0.3, -0.25) is 10.1 Å². The maximum absolute atomic E-state index is 10.2. The summed E-state index contributed by atoms with van der Waals surface area (Å²) in [6.07, 6.45) is 3.16. The van der Waals surface area contributed by atoms with Gasteiger partial charge in [-0.1, -0.05) is 11.3 Å². The molecule has 0 fully saturated rings. The minimum absolute atomic E-state index is 0.144. The lowest BCUT2D eigenvalue weighted by atomic mass is 10.4. The average Bonchev–Trinajstić information content (AvgIpc) is 2.48. The number of hydrogen-bond acceptors (Lipinski definition) is 4. The Bertz CT molecular complexity index is 305. The van der Waals surface area contributed by atoms with Crippen molar-refractivity contribution >= 4 is 22.4 Å². The van der Waals surface area contributed by atoms with Gasteiger partial charge in [0.15, 0.2) is 0 Å². The Hall–Kier alpha value is -1.36. The third-order valence-corrected chi connectivity index (χ3v) is 2.16. The lowest BCUT2D eigenvalue weighted by molar-refractivity contribution is -0.380. The zero-order valence-electron chi connectivity index (χ0n) is 6.39. The highest BCUT2D eigenvalue weighted by Gasteiger charge is 2.07. The molecule has 1 aromatic heterocycles. The van der Waals surface area contributed by atoms with Crippen molar-refractivity contribution in [2.45, 2.75) is 0 Å². The highest BCUT2D eigenvalue weighted by Crippen LogP contribution is 2.24. The molecule has 1 heterocycles. The van der Waals surface area contributed by atoms with E-state index in [1.165, 1.54) is 19.4 Å². The maximum atomic E-state index is 10.2. The summed E-state index contributed by atoms with van der Waals surface area (Å²) >= 11 is 1.12. The van der Waals surface area contributed by atoms with E-state index in [4.69, 9.17) is 0 Å². The van der Waals surface area contributed by atoms with Crippen molar-refractivity contribution in [3.05, 3.63) is 33.4 Å². The van der Waals surface area contributed by atoms with Gasteiger partial charge in [0.05, 0.1) is 18.3 Å². The lowest BCUT2D eigenvalue weighted by Crippen LogP contribution is -1.80. The monoisotopic (exact) mass is 185 g/mol. The molecule has 0 aliphatic rings. The second-order valence-electron chi connectivity index (χ2n) is 1.97. The van der Waals surface area contributed by atoms with Gasteiger partial charge in [0.25, 0.3) is 0 Å². The van der Waals surface area contributed by atoms with Crippen LogP contribution in [0.15, 0.2) is 18.4 Å². The van der Waals surface area contributed by atoms with Gasteiger partial charge in [0.1, 0.15) is 0 Å². The number of nitro groups is 1. The van der Waals surface area contributed by atoms with Gasteiger partial charge >= 0.3 is 5.00 Å². The van der Waals surface area contributed by atoms with Crippen LogP contribution in [0.3, 0.4) is 0 Å². The molecule has 0 amide bonds. The van der Waals surface area contributed by atoms with Gasteiger partial charge in [-0.05, 0) is 12.1 Å². The van der Waals surface area contributed by atoms with Gasteiger partial charge in [-0.25, -0.2) is 0 Å². The normalized spacial score (nSPS) is 10.4. The van der Waals surface area contributed by atoms with E-state index in [1.54, 1.807) is 12.1 Å². The molecule has 12 heavy (non-hydrogen) atoms. The SMILES string of the molecule is CO/C=C/c1ccc([N+](=O)[O-])s1. The minimum Gasteiger partial charge on any atom is -0.504 e. The first-order valence-electron chi connectivity index (χ1n) is 3.17. The number of methoxy groups -OCH3 is 1. The summed E-state index contributed by atoms with van der Waals surface area (Å²) in [6, 6.07) is 3.15. The summed E-state index contributed by atoms with van der Waals surface area (Å²) in [4.78, 5) is 10.6. The van der Waals surface area contributed by atoms with E-state index < -0.39 is 4.92 Å². The number of ether oxygens (including phenoxy) is 1. The summed E-state index contributed by atoms with van der Waals surface area (Å²) in [7, 11) is 1.53. The zero-order chi connectivity index (χ0) is 8.97. The second-order valence-corrected chi connectivity index (χ2v) is 3.07. The molecule has 5 heteroatoms. The molecule has 0 radical (unpaired) electrons. The third-order valence-electron chi connectivity index (χ3n) is 1.16. The molecule has 0 saturated carbocycles. The Balaban J connectivity index is 2.77. The van der Waals surface area contributed by atoms with E-state index in [0.29, 0.717) is 0 Å². The van der Waals surface area contributed by atoms with Crippen molar-refractivity contribution in [1.82, 2.24) is 0 Å². The van der Waals surface area contributed by atoms with Gasteiger partial charge < -0.3 is 4.74 Å². The average molecular weight is 185 g/mol. The molecule has 0 aromatic carbocycles. The molecule has 0 N–H and O–H groups in total. The Morgan fingerprint density at radius 3 is 2.92 bits per heavy atom. The molecule has 0 spiro atoms. The molecule has 1 rings (SSSR count). The number of nitrogens with zero attached hydrogens (tertiary/aromatic N) is 1. The maximum Gasteiger partial charge on any atom is 0.324 e. The highest BCUT2D eigenvalue weighted by atomic mass is 32.1. The number of thiophene rings is 1. The van der Waals surface area contributed by atoms with Gasteiger partial charge in [-0.15, -0.1) is 0 Å². The summed E-state index contributed by atoms with van der Waals surface area (Å²) in [5.41, 5.74) is 0. The van der Waals surface area contributed by atoms with E-state index in [-0.39, 0.29) is 5.00 Å². The molecule has 0 aliphatic heterocycles. The van der Waals surface area contributed by atoms with E-state index >= 15 is 0 Å². The van der Waals surface area contributed by atoms with Crippen LogP contribution in [-0.4, -0.2) is 12.0 Å². The molecular weight excluding hydrogens is 178 g/mol. The first-order chi connectivity index (χ1) is 5.74. The fourth-order valence-corrected chi connectivity index (χ4v) is 1.38. The molecule has 0 unspecified atom stereocenters. The molecule has 1 aromatic rings. The highest BCUT2D eigenvalue weighted by molar-refractivity contribution is 7.16. The Morgan fingerprint density at radius 1 is 1.67 bits per heavy atom. The van der Waals surface area contributed by atoms with Crippen LogP contribution in [0.4, 0.5) is 5.00 Å². The van der Waals surface area contributed by atoms with Crippen LogP contribution in [0.5, 0.6) is 0 Å². The van der Waals surface area contributed by atoms with Crippen molar-refractivity contribution in [2.24, 2.45) is 0 Å². The first kappa shape index (κ1) is 8.73. The van der Waals surface area contributed by atoms with Crippen molar-refractivity contribution in [1.29, 1.82) is 0 Å². The van der Waals surface area contributed by atoms with Gasteiger partial charge in [-0.2, -0.15) is 0 Å². The van der Waals surface area contributed by atoms with E-state index in [1.807, 2.05) is 0 Å². The Kier molecular flexibility index (Phi) is 2.82. The zero-order valence-corrected chi connectivity index (χ0v) is 7.21. The second kappa shape index (κ2) is 3.87. The van der Waals surface area contributed by atoms with Crippen LogP contribution in [-0.2, 0) is 4.74 Å². The molecular formula is C7H7NO3S. The van der Waals surface area contributed by atoms with Crippen molar-refractivity contribution in [3.63, 3.8) is 0 Å². The quantitative estimate of drug-likeness (QED) is 0.412. The Labute approximate surface area is 73.2 Å². The predicted molar refractivity (Wildman–Crippen MR) is 47.0 cm³/mol. The molecule has 0 aliphatic carbocycles. The van der Waals surface area contributed by atoms with Crippen LogP contribution in [0.25, 0.3) is 6.08 Å².